The summed E-state index contributed by atoms with van der Waals surface area (Å²) in [6.07, 6.45) is 0.914. The quantitative estimate of drug-likeness (QED) is 0.367. The fourth-order valence-corrected chi connectivity index (χ4v) is 3.67. The summed E-state index contributed by atoms with van der Waals surface area (Å²) in [5, 5.41) is 5.93. The number of oxazole rings is 1. The lowest BCUT2D eigenvalue weighted by Crippen LogP contribution is -2.34. The maximum absolute atomic E-state index is 12.5. The van der Waals surface area contributed by atoms with Gasteiger partial charge in [-0.2, -0.15) is 0 Å². The van der Waals surface area contributed by atoms with Crippen molar-refractivity contribution < 1.29 is 13.9 Å². The van der Waals surface area contributed by atoms with Crippen LogP contribution in [0.4, 0.5) is 5.69 Å². The van der Waals surface area contributed by atoms with Crippen LogP contribution in [-0.4, -0.2) is 23.1 Å². The average Bonchev–Trinajstić information content (AvgIpc) is 3.21. The van der Waals surface area contributed by atoms with Crippen LogP contribution < -0.4 is 15.4 Å². The first-order valence-corrected chi connectivity index (χ1v) is 11.1. The van der Waals surface area contributed by atoms with Gasteiger partial charge in [-0.05, 0) is 91.6 Å². The van der Waals surface area contributed by atoms with Crippen molar-refractivity contribution in [1.82, 2.24) is 10.3 Å². The number of thiocarbonyl (C=S) groups is 1. The number of rotatable bonds is 5. The van der Waals surface area contributed by atoms with Crippen molar-refractivity contribution in [3.63, 3.8) is 0 Å². The Morgan fingerprint density at radius 1 is 1.06 bits per heavy atom. The maximum atomic E-state index is 12.5. The van der Waals surface area contributed by atoms with E-state index in [1.165, 1.54) is 5.56 Å². The molecule has 7 heteroatoms. The molecule has 0 saturated heterocycles. The van der Waals surface area contributed by atoms with Gasteiger partial charge in [0.1, 0.15) is 11.3 Å². The molecule has 33 heavy (non-hydrogen) atoms. The SMILES string of the molecule is CCc1ccc(C(=O)NC(=S)Nc2cc(-c3nc4cc(C)c(C)cc4o3)ccc2OC)cc1. The molecule has 0 aliphatic rings. The van der Waals surface area contributed by atoms with Gasteiger partial charge in [-0.3, -0.25) is 10.1 Å². The highest BCUT2D eigenvalue weighted by atomic mass is 32.1. The molecule has 0 bridgehead atoms. The topological polar surface area (TPSA) is 76.4 Å². The minimum Gasteiger partial charge on any atom is -0.495 e. The van der Waals surface area contributed by atoms with Crippen LogP contribution in [0, 0.1) is 13.8 Å². The molecule has 4 rings (SSSR count). The predicted molar refractivity (Wildman–Crippen MR) is 135 cm³/mol. The molecule has 1 heterocycles. The molecule has 1 aromatic heterocycles. The molecule has 0 unspecified atom stereocenters. The molecular weight excluding hydrogens is 434 g/mol. The van der Waals surface area contributed by atoms with Crippen LogP contribution in [0.15, 0.2) is 59.0 Å². The monoisotopic (exact) mass is 459 g/mol. The standard InChI is InChI=1S/C26H25N3O3S/c1-5-17-6-8-18(9-7-17)24(30)29-26(33)28-21-14-19(10-11-22(21)31-4)25-27-20-12-15(2)16(3)13-23(20)32-25/h6-14H,5H2,1-4H3,(H2,28,29,30,33). The molecule has 1 amide bonds. The van der Waals surface area contributed by atoms with Crippen LogP contribution in [0.2, 0.25) is 0 Å². The fraction of sp³-hybridized carbons (Fsp3) is 0.192. The zero-order valence-electron chi connectivity index (χ0n) is 19.0. The third-order valence-corrected chi connectivity index (χ3v) is 5.75. The fourth-order valence-electron chi connectivity index (χ4n) is 3.46. The lowest BCUT2D eigenvalue weighted by atomic mass is 10.1. The molecular formula is C26H25N3O3S. The van der Waals surface area contributed by atoms with Gasteiger partial charge in [-0.15, -0.1) is 0 Å². The number of fused-ring (bicyclic) bond motifs is 1. The largest absolute Gasteiger partial charge is 0.495 e. The van der Waals surface area contributed by atoms with Crippen LogP contribution in [0.3, 0.4) is 0 Å². The lowest BCUT2D eigenvalue weighted by molar-refractivity contribution is 0.0977. The molecule has 3 aromatic carbocycles. The zero-order chi connectivity index (χ0) is 23.5. The van der Waals surface area contributed by atoms with Gasteiger partial charge in [0, 0.05) is 11.1 Å². The minimum absolute atomic E-state index is 0.166. The van der Waals surface area contributed by atoms with Crippen molar-refractivity contribution in [2.75, 3.05) is 12.4 Å². The summed E-state index contributed by atoms with van der Waals surface area (Å²) in [4.78, 5) is 17.2. The van der Waals surface area contributed by atoms with Crippen LogP contribution in [-0.2, 0) is 6.42 Å². The highest BCUT2D eigenvalue weighted by Gasteiger charge is 2.14. The first-order chi connectivity index (χ1) is 15.9. The van der Waals surface area contributed by atoms with Gasteiger partial charge in [0.25, 0.3) is 5.91 Å². The molecule has 168 valence electrons. The number of nitrogens with zero attached hydrogens (tertiary/aromatic N) is 1. The van der Waals surface area contributed by atoms with E-state index in [4.69, 9.17) is 21.4 Å². The Bertz CT molecular complexity index is 1300. The maximum Gasteiger partial charge on any atom is 0.257 e. The Kier molecular flexibility index (Phi) is 6.42. The summed E-state index contributed by atoms with van der Waals surface area (Å²) in [5.41, 5.74) is 6.89. The molecule has 0 fully saturated rings. The lowest BCUT2D eigenvalue weighted by Gasteiger charge is -2.13. The number of methoxy groups -OCH3 is 1. The summed E-state index contributed by atoms with van der Waals surface area (Å²) < 4.78 is 11.4. The highest BCUT2D eigenvalue weighted by Crippen LogP contribution is 2.32. The molecule has 2 N–H and O–H groups in total. The molecule has 0 radical (unpaired) electrons. The van der Waals surface area contributed by atoms with Crippen LogP contribution in [0.25, 0.3) is 22.6 Å². The zero-order valence-corrected chi connectivity index (χ0v) is 19.8. The minimum atomic E-state index is -0.282. The normalized spacial score (nSPS) is 10.8. The Balaban J connectivity index is 1.55. The van der Waals surface area contributed by atoms with E-state index in [0.29, 0.717) is 22.9 Å². The van der Waals surface area contributed by atoms with Gasteiger partial charge in [0.05, 0.1) is 12.8 Å². The van der Waals surface area contributed by atoms with Crippen molar-refractivity contribution in [1.29, 1.82) is 0 Å². The van der Waals surface area contributed by atoms with E-state index in [2.05, 4.69) is 22.5 Å². The van der Waals surface area contributed by atoms with E-state index < -0.39 is 0 Å². The first-order valence-electron chi connectivity index (χ1n) is 10.7. The third kappa shape index (κ3) is 4.88. The smallest absolute Gasteiger partial charge is 0.257 e. The second-order valence-corrected chi connectivity index (χ2v) is 8.21. The Labute approximate surface area is 198 Å². The number of aryl methyl sites for hydroxylation is 3. The van der Waals surface area contributed by atoms with Crippen LogP contribution in [0.5, 0.6) is 5.75 Å². The first kappa shape index (κ1) is 22.5. The van der Waals surface area contributed by atoms with Crippen LogP contribution >= 0.6 is 12.2 Å². The van der Waals surface area contributed by atoms with Crippen molar-refractivity contribution in [2.24, 2.45) is 0 Å². The number of amides is 1. The second-order valence-electron chi connectivity index (χ2n) is 7.80. The average molecular weight is 460 g/mol. The number of anilines is 1. The van der Waals surface area contributed by atoms with Gasteiger partial charge < -0.3 is 14.5 Å². The number of nitrogens with one attached hydrogen (secondary N) is 2. The van der Waals surface area contributed by atoms with E-state index in [0.717, 1.165) is 34.2 Å². The van der Waals surface area contributed by atoms with E-state index in [9.17, 15) is 4.79 Å². The van der Waals surface area contributed by atoms with Crippen molar-refractivity contribution in [2.45, 2.75) is 27.2 Å². The van der Waals surface area contributed by atoms with E-state index in [1.807, 2.05) is 50.2 Å². The number of ether oxygens (including phenoxy) is 1. The molecule has 0 aliphatic carbocycles. The van der Waals surface area contributed by atoms with Gasteiger partial charge in [0.2, 0.25) is 5.89 Å². The number of hydrogen-bond donors (Lipinski definition) is 2. The van der Waals surface area contributed by atoms with E-state index in [1.54, 1.807) is 25.3 Å². The number of aromatic nitrogens is 1. The van der Waals surface area contributed by atoms with Gasteiger partial charge in [0.15, 0.2) is 10.7 Å². The molecule has 0 saturated carbocycles. The Hall–Kier alpha value is -3.71. The van der Waals surface area contributed by atoms with Crippen LogP contribution in [0.1, 0.15) is 34.0 Å². The summed E-state index contributed by atoms with van der Waals surface area (Å²) in [5.74, 6) is 0.784. The number of carbonyl (C=O) groups is 1. The summed E-state index contributed by atoms with van der Waals surface area (Å²) in [7, 11) is 1.57. The van der Waals surface area contributed by atoms with Crippen molar-refractivity contribution in [3.8, 4) is 17.2 Å². The van der Waals surface area contributed by atoms with Gasteiger partial charge >= 0.3 is 0 Å². The van der Waals surface area contributed by atoms with Gasteiger partial charge in [-0.1, -0.05) is 19.1 Å². The molecule has 0 atom stereocenters. The summed E-state index contributed by atoms with van der Waals surface area (Å²) >= 11 is 5.37. The van der Waals surface area contributed by atoms with Crippen molar-refractivity contribution in [3.05, 3.63) is 76.9 Å². The number of hydrogen-bond acceptors (Lipinski definition) is 5. The van der Waals surface area contributed by atoms with Gasteiger partial charge in [-0.25, -0.2) is 4.98 Å². The van der Waals surface area contributed by atoms with E-state index in [-0.39, 0.29) is 11.0 Å². The molecule has 6 nitrogen and oxygen atoms in total. The Morgan fingerprint density at radius 2 is 1.79 bits per heavy atom. The summed E-state index contributed by atoms with van der Waals surface area (Å²) in [6, 6.07) is 16.9. The molecule has 0 aliphatic heterocycles. The Morgan fingerprint density at radius 3 is 2.48 bits per heavy atom. The molecule has 4 aromatic rings. The number of carbonyl (C=O) groups excluding carboxylic acids is 1. The highest BCUT2D eigenvalue weighted by molar-refractivity contribution is 7.80. The third-order valence-electron chi connectivity index (χ3n) is 5.55. The second kappa shape index (κ2) is 9.42. The van der Waals surface area contributed by atoms with Crippen molar-refractivity contribution >= 4 is 40.0 Å². The molecule has 0 spiro atoms. The summed E-state index contributed by atoms with van der Waals surface area (Å²) in [6.45, 7) is 6.16. The van der Waals surface area contributed by atoms with E-state index >= 15 is 0 Å². The predicted octanol–water partition coefficient (Wildman–Crippen LogP) is 5.81. The number of benzene rings is 3.